The largest absolute Gasteiger partial charge is 0.488 e. The van der Waals surface area contributed by atoms with Gasteiger partial charge in [-0.05, 0) is 11.0 Å². The number of carbonyl (C=O) groups excluding carboxylic acids is 1. The van der Waals surface area contributed by atoms with E-state index in [1.54, 1.807) is 25.2 Å². The third kappa shape index (κ3) is 2.87. The molecule has 0 fully saturated rings. The van der Waals surface area contributed by atoms with Gasteiger partial charge in [-0.25, -0.2) is 0 Å². The van der Waals surface area contributed by atoms with E-state index in [2.05, 4.69) is 0 Å². The predicted molar refractivity (Wildman–Crippen MR) is 53.8 cm³/mol. The van der Waals surface area contributed by atoms with Crippen molar-refractivity contribution in [3.63, 3.8) is 0 Å². The predicted octanol–water partition coefficient (Wildman–Crippen LogP) is -1.05. The molecule has 0 radical (unpaired) electrons. The van der Waals surface area contributed by atoms with Crippen LogP contribution in [0.5, 0.6) is 0 Å². The van der Waals surface area contributed by atoms with Crippen LogP contribution in [0.1, 0.15) is 5.56 Å². The van der Waals surface area contributed by atoms with Gasteiger partial charge in [0.15, 0.2) is 0 Å². The topological polar surface area (TPSA) is 60.8 Å². The Morgan fingerprint density at radius 1 is 1.50 bits per heavy atom. The summed E-state index contributed by atoms with van der Waals surface area (Å²) in [6.07, 6.45) is 0.724. The van der Waals surface area contributed by atoms with Gasteiger partial charge in [0.05, 0.1) is 0 Å². The second-order valence-electron chi connectivity index (χ2n) is 3.14. The van der Waals surface area contributed by atoms with E-state index in [0.29, 0.717) is 12.0 Å². The molecule has 1 rings (SSSR count). The molecule has 0 saturated heterocycles. The summed E-state index contributed by atoms with van der Waals surface area (Å²) in [7, 11) is 0.200. The summed E-state index contributed by atoms with van der Waals surface area (Å²) < 4.78 is 0. The quantitative estimate of drug-likeness (QED) is 0.474. The molecule has 0 spiro atoms. The van der Waals surface area contributed by atoms with Gasteiger partial charge in [0.25, 0.3) is 0 Å². The molecule has 2 N–H and O–H groups in total. The summed E-state index contributed by atoms with van der Waals surface area (Å²) in [6.45, 7) is 0.462. The van der Waals surface area contributed by atoms with Crippen LogP contribution in [0.3, 0.4) is 0 Å². The molecule has 4 nitrogen and oxygen atoms in total. The Balaban J connectivity index is 2.78. The first kappa shape index (κ1) is 10.8. The maximum Gasteiger partial charge on any atom is 0.488 e. The zero-order chi connectivity index (χ0) is 10.6. The minimum Gasteiger partial charge on any atom is -0.423 e. The van der Waals surface area contributed by atoms with Crippen molar-refractivity contribution < 1.29 is 14.8 Å². The van der Waals surface area contributed by atoms with Crippen molar-refractivity contribution in [2.24, 2.45) is 0 Å². The van der Waals surface area contributed by atoms with Crippen molar-refractivity contribution in [1.29, 1.82) is 0 Å². The molecular formula is C9H12BNO3. The fourth-order valence-electron chi connectivity index (χ4n) is 1.18. The average molecular weight is 193 g/mol. The highest BCUT2D eigenvalue weighted by Crippen LogP contribution is 1.99. The standard InChI is InChI=1S/C9H12BNO3/c1-11(7-12)6-8-3-2-4-9(5-8)10(13)14/h2-5,7,13-14H,6H2,1H3. The molecule has 0 saturated carbocycles. The maximum absolute atomic E-state index is 10.4. The van der Waals surface area contributed by atoms with Crippen LogP contribution in [0.4, 0.5) is 0 Å². The molecule has 0 unspecified atom stereocenters. The van der Waals surface area contributed by atoms with Crippen LogP contribution in [0.15, 0.2) is 24.3 Å². The molecule has 0 heterocycles. The Morgan fingerprint density at radius 3 is 2.79 bits per heavy atom. The third-order valence-electron chi connectivity index (χ3n) is 1.86. The van der Waals surface area contributed by atoms with Crippen LogP contribution < -0.4 is 5.46 Å². The van der Waals surface area contributed by atoms with Gasteiger partial charge in [0.1, 0.15) is 0 Å². The minimum absolute atomic E-state index is 0.432. The molecule has 0 aliphatic rings. The van der Waals surface area contributed by atoms with Crippen LogP contribution in [-0.4, -0.2) is 35.5 Å². The maximum atomic E-state index is 10.4. The Hall–Kier alpha value is -1.33. The van der Waals surface area contributed by atoms with Gasteiger partial charge < -0.3 is 14.9 Å². The van der Waals surface area contributed by atoms with Gasteiger partial charge in [-0.1, -0.05) is 24.3 Å². The van der Waals surface area contributed by atoms with E-state index in [4.69, 9.17) is 10.0 Å². The minimum atomic E-state index is -1.46. The summed E-state index contributed by atoms with van der Waals surface area (Å²) in [5.74, 6) is 0. The van der Waals surface area contributed by atoms with Gasteiger partial charge in [-0.2, -0.15) is 0 Å². The molecular weight excluding hydrogens is 181 g/mol. The van der Waals surface area contributed by atoms with Gasteiger partial charge >= 0.3 is 7.12 Å². The lowest BCUT2D eigenvalue weighted by atomic mass is 9.79. The van der Waals surface area contributed by atoms with Gasteiger partial charge in [0, 0.05) is 13.6 Å². The Labute approximate surface area is 82.9 Å². The fraction of sp³-hybridized carbons (Fsp3) is 0.222. The molecule has 0 bridgehead atoms. The fourth-order valence-corrected chi connectivity index (χ4v) is 1.18. The van der Waals surface area contributed by atoms with Crippen molar-refractivity contribution in [3.05, 3.63) is 29.8 Å². The summed E-state index contributed by atoms with van der Waals surface area (Å²) in [4.78, 5) is 11.8. The number of hydrogen-bond donors (Lipinski definition) is 2. The molecule has 0 atom stereocenters. The first-order valence-electron chi connectivity index (χ1n) is 4.24. The molecule has 14 heavy (non-hydrogen) atoms. The van der Waals surface area contributed by atoms with Crippen molar-refractivity contribution in [1.82, 2.24) is 4.90 Å². The summed E-state index contributed by atoms with van der Waals surface area (Å²) in [6, 6.07) is 6.83. The Kier molecular flexibility index (Phi) is 3.68. The molecule has 1 aromatic carbocycles. The molecule has 0 aliphatic heterocycles. The normalized spacial score (nSPS) is 9.64. The first-order valence-corrected chi connectivity index (χ1v) is 4.24. The van der Waals surface area contributed by atoms with E-state index in [1.807, 2.05) is 6.07 Å². The Bertz CT molecular complexity index is 317. The number of carbonyl (C=O) groups is 1. The van der Waals surface area contributed by atoms with Crippen LogP contribution in [0.25, 0.3) is 0 Å². The van der Waals surface area contributed by atoms with Crippen LogP contribution in [0.2, 0.25) is 0 Å². The van der Waals surface area contributed by atoms with E-state index >= 15 is 0 Å². The summed E-state index contributed by atoms with van der Waals surface area (Å²) >= 11 is 0. The highest BCUT2D eigenvalue weighted by atomic mass is 16.4. The lowest BCUT2D eigenvalue weighted by molar-refractivity contribution is -0.117. The van der Waals surface area contributed by atoms with Crippen LogP contribution in [-0.2, 0) is 11.3 Å². The molecule has 1 aromatic rings. The van der Waals surface area contributed by atoms with Gasteiger partial charge in [-0.3, -0.25) is 4.79 Å². The summed E-state index contributed by atoms with van der Waals surface area (Å²) in [5, 5.41) is 17.8. The van der Waals surface area contributed by atoms with Gasteiger partial charge in [-0.15, -0.1) is 0 Å². The lowest BCUT2D eigenvalue weighted by Crippen LogP contribution is -2.30. The van der Waals surface area contributed by atoms with Crippen molar-refractivity contribution >= 4 is 19.0 Å². The zero-order valence-corrected chi connectivity index (χ0v) is 7.92. The highest BCUT2D eigenvalue weighted by molar-refractivity contribution is 6.58. The molecule has 0 aromatic heterocycles. The number of amides is 1. The van der Waals surface area contributed by atoms with E-state index in [0.717, 1.165) is 12.0 Å². The van der Waals surface area contributed by atoms with E-state index in [1.165, 1.54) is 4.90 Å². The van der Waals surface area contributed by atoms with Gasteiger partial charge in [0.2, 0.25) is 6.41 Å². The smallest absolute Gasteiger partial charge is 0.423 e. The van der Waals surface area contributed by atoms with E-state index in [-0.39, 0.29) is 0 Å². The second-order valence-corrected chi connectivity index (χ2v) is 3.14. The third-order valence-corrected chi connectivity index (χ3v) is 1.86. The monoisotopic (exact) mass is 193 g/mol. The highest BCUT2D eigenvalue weighted by Gasteiger charge is 2.10. The second kappa shape index (κ2) is 4.78. The van der Waals surface area contributed by atoms with E-state index < -0.39 is 7.12 Å². The first-order chi connectivity index (χ1) is 6.63. The van der Waals surface area contributed by atoms with Crippen molar-refractivity contribution in [2.45, 2.75) is 6.54 Å². The van der Waals surface area contributed by atoms with Crippen LogP contribution >= 0.6 is 0 Å². The molecule has 1 amide bonds. The number of rotatable bonds is 4. The van der Waals surface area contributed by atoms with Crippen molar-refractivity contribution in [2.75, 3.05) is 7.05 Å². The zero-order valence-electron chi connectivity index (χ0n) is 7.92. The lowest BCUT2D eigenvalue weighted by Gasteiger charge is -2.11. The van der Waals surface area contributed by atoms with Crippen LogP contribution in [0, 0.1) is 0 Å². The molecule has 74 valence electrons. The van der Waals surface area contributed by atoms with Crippen molar-refractivity contribution in [3.8, 4) is 0 Å². The summed E-state index contributed by atoms with van der Waals surface area (Å²) in [5.41, 5.74) is 1.30. The average Bonchev–Trinajstić information content (AvgIpc) is 2.18. The number of hydrogen-bond acceptors (Lipinski definition) is 3. The number of benzene rings is 1. The number of nitrogens with zero attached hydrogens (tertiary/aromatic N) is 1. The Morgan fingerprint density at radius 2 is 2.21 bits per heavy atom. The van der Waals surface area contributed by atoms with E-state index in [9.17, 15) is 4.79 Å². The molecule has 5 heteroatoms. The SMILES string of the molecule is CN(C=O)Cc1cccc(B(O)O)c1. The molecule has 0 aliphatic carbocycles.